The molecule has 0 amide bonds. The zero-order chi connectivity index (χ0) is 27.7. The van der Waals surface area contributed by atoms with E-state index in [-0.39, 0.29) is 5.78 Å². The first-order valence-electron chi connectivity index (χ1n) is 11.5. The van der Waals surface area contributed by atoms with Crippen LogP contribution >= 0.6 is 31.4 Å². The van der Waals surface area contributed by atoms with Gasteiger partial charge in [-0.15, -0.1) is 23.1 Å². The molecule has 0 aliphatic heterocycles. The van der Waals surface area contributed by atoms with Gasteiger partial charge in [0.15, 0.2) is 14.1 Å². The summed E-state index contributed by atoms with van der Waals surface area (Å²) in [4.78, 5) is 23.7. The Morgan fingerprint density at radius 1 is 1.05 bits per heavy atom. The number of ketones is 1. The number of thioether (sulfide) groups is 1. The second kappa shape index (κ2) is 14.3. The number of carbonyl (C=O) groups is 2. The summed E-state index contributed by atoms with van der Waals surface area (Å²) in [5.74, 6) is -0.804. The van der Waals surface area contributed by atoms with Crippen LogP contribution < -0.4 is 9.97 Å². The maximum absolute atomic E-state index is 11.9. The number of thiophene rings is 1. The van der Waals surface area contributed by atoms with Crippen LogP contribution in [0.3, 0.4) is 0 Å². The highest BCUT2D eigenvalue weighted by molar-refractivity contribution is 8.04. The standard InChI is InChI=1S/C22H24NO3PS.C7H10OS/c1-14-6-9-17(10-7-14)20-13-18(21(28-20)22(24)25)23(4)27(26-5)19-11-8-15(2)12-16(19)3;1-4-9-5-6(2)7(3)8/h6-13H,1-5H3,(H,24,25);4-5H,1H2,2-3H3/b;6-5+. The van der Waals surface area contributed by atoms with Crippen molar-refractivity contribution in [1.82, 2.24) is 0 Å². The van der Waals surface area contributed by atoms with Gasteiger partial charge >= 0.3 is 5.97 Å². The van der Waals surface area contributed by atoms with Crippen molar-refractivity contribution in [3.8, 4) is 10.4 Å². The molecule has 3 aromatic rings. The second-order valence-corrected chi connectivity index (χ2v) is 12.3. The fourth-order valence-corrected chi connectivity index (χ4v) is 6.62. The van der Waals surface area contributed by atoms with E-state index in [1.807, 2.05) is 49.0 Å². The molecule has 0 saturated heterocycles. The number of Topliss-reactive ketones (excluding diaryl/α,β-unsaturated/α-hetero) is 1. The molecule has 8 heteroatoms. The zero-order valence-corrected chi connectivity index (χ0v) is 24.9. The second-order valence-electron chi connectivity index (χ2n) is 8.43. The molecule has 2 aromatic carbocycles. The van der Waals surface area contributed by atoms with Crippen molar-refractivity contribution in [3.05, 3.63) is 93.1 Å². The Labute approximate surface area is 229 Å². The largest absolute Gasteiger partial charge is 0.477 e. The summed E-state index contributed by atoms with van der Waals surface area (Å²) in [5, 5.41) is 14.3. The molecule has 0 spiro atoms. The van der Waals surface area contributed by atoms with Crippen LogP contribution in [0.25, 0.3) is 10.4 Å². The van der Waals surface area contributed by atoms with Gasteiger partial charge in [0.2, 0.25) is 0 Å². The van der Waals surface area contributed by atoms with Crippen LogP contribution in [0.5, 0.6) is 0 Å². The lowest BCUT2D eigenvalue weighted by atomic mass is 10.1. The molecule has 1 N–H and O–H groups in total. The third-order valence-electron chi connectivity index (χ3n) is 5.49. The summed E-state index contributed by atoms with van der Waals surface area (Å²) in [6.45, 7) is 13.0. The van der Waals surface area contributed by atoms with Gasteiger partial charge in [-0.2, -0.15) is 0 Å². The van der Waals surface area contributed by atoms with Crippen molar-refractivity contribution in [1.29, 1.82) is 0 Å². The van der Waals surface area contributed by atoms with E-state index >= 15 is 0 Å². The predicted molar refractivity (Wildman–Crippen MR) is 162 cm³/mol. The lowest BCUT2D eigenvalue weighted by Gasteiger charge is -2.29. The van der Waals surface area contributed by atoms with Crippen molar-refractivity contribution in [3.63, 3.8) is 0 Å². The predicted octanol–water partition coefficient (Wildman–Crippen LogP) is 8.11. The minimum atomic E-state index is -1.15. The first-order chi connectivity index (χ1) is 17.5. The lowest BCUT2D eigenvalue weighted by Crippen LogP contribution is -2.21. The third kappa shape index (κ3) is 8.41. The molecule has 1 unspecified atom stereocenters. The molecule has 1 heterocycles. The number of aromatic carboxylic acids is 1. The van der Waals surface area contributed by atoms with Crippen LogP contribution in [-0.2, 0) is 9.32 Å². The normalized spacial score (nSPS) is 11.8. The number of rotatable bonds is 9. The average molecular weight is 556 g/mol. The van der Waals surface area contributed by atoms with Crippen molar-refractivity contribution in [2.24, 2.45) is 0 Å². The van der Waals surface area contributed by atoms with E-state index in [1.54, 1.807) is 31.8 Å². The number of carbonyl (C=O) groups excluding carboxylic acids is 1. The first kappa shape index (κ1) is 30.5. The number of nitrogens with zero attached hydrogens (tertiary/aromatic N) is 1. The molecule has 3 rings (SSSR count). The Morgan fingerprint density at radius 3 is 2.19 bits per heavy atom. The molecule has 0 fully saturated rings. The van der Waals surface area contributed by atoms with E-state index in [0.717, 1.165) is 26.9 Å². The van der Waals surface area contributed by atoms with Crippen LogP contribution in [0.1, 0.15) is 40.2 Å². The van der Waals surface area contributed by atoms with Gasteiger partial charge in [0.05, 0.1) is 5.69 Å². The summed E-state index contributed by atoms with van der Waals surface area (Å²) < 4.78 is 7.80. The molecule has 1 aromatic heterocycles. The Balaban J connectivity index is 0.000000458. The molecule has 5 nitrogen and oxygen atoms in total. The first-order valence-corrected chi connectivity index (χ1v) is 14.5. The summed E-state index contributed by atoms with van der Waals surface area (Å²) in [7, 11) is 2.43. The van der Waals surface area contributed by atoms with Gasteiger partial charge in [-0.05, 0) is 74.3 Å². The maximum Gasteiger partial charge on any atom is 0.348 e. The zero-order valence-electron chi connectivity index (χ0n) is 22.4. The molecule has 0 aliphatic carbocycles. The van der Waals surface area contributed by atoms with E-state index < -0.39 is 14.3 Å². The van der Waals surface area contributed by atoms with E-state index in [2.05, 4.69) is 38.6 Å². The van der Waals surface area contributed by atoms with Gasteiger partial charge < -0.3 is 14.3 Å². The van der Waals surface area contributed by atoms with Gasteiger partial charge in [-0.25, -0.2) is 4.79 Å². The highest BCUT2D eigenvalue weighted by Crippen LogP contribution is 2.47. The van der Waals surface area contributed by atoms with Gasteiger partial charge in [0, 0.05) is 24.3 Å². The Morgan fingerprint density at radius 2 is 1.68 bits per heavy atom. The number of carboxylic acids is 1. The molecule has 1 atom stereocenters. The fourth-order valence-electron chi connectivity index (χ4n) is 3.37. The lowest BCUT2D eigenvalue weighted by molar-refractivity contribution is -0.113. The van der Waals surface area contributed by atoms with E-state index in [1.165, 1.54) is 34.2 Å². The quantitative estimate of drug-likeness (QED) is 0.212. The molecule has 0 bridgehead atoms. The van der Waals surface area contributed by atoms with Gasteiger partial charge in [0.25, 0.3) is 0 Å². The topological polar surface area (TPSA) is 66.8 Å². The summed E-state index contributed by atoms with van der Waals surface area (Å²) in [6.07, 6.45) is 0. The van der Waals surface area contributed by atoms with Gasteiger partial charge in [0.1, 0.15) is 4.88 Å². The number of aryl methyl sites for hydroxylation is 3. The van der Waals surface area contributed by atoms with Crippen LogP contribution in [0.2, 0.25) is 0 Å². The number of benzene rings is 2. The summed E-state index contributed by atoms with van der Waals surface area (Å²) in [6, 6.07) is 16.3. The molecular formula is C29H34NO4PS2. The number of carboxylic acid groups (broad SMARTS) is 1. The maximum atomic E-state index is 11.9. The van der Waals surface area contributed by atoms with E-state index in [9.17, 15) is 14.7 Å². The minimum absolute atomic E-state index is 0.115. The molecule has 196 valence electrons. The van der Waals surface area contributed by atoms with E-state index in [0.29, 0.717) is 10.6 Å². The smallest absolute Gasteiger partial charge is 0.348 e. The molecule has 37 heavy (non-hydrogen) atoms. The minimum Gasteiger partial charge on any atom is -0.477 e. The van der Waals surface area contributed by atoms with Gasteiger partial charge in [-0.1, -0.05) is 54.1 Å². The number of allylic oxidation sites excluding steroid dienone is 1. The number of hydrogen-bond acceptors (Lipinski definition) is 6. The van der Waals surface area contributed by atoms with Crippen LogP contribution in [-0.4, -0.2) is 31.0 Å². The highest BCUT2D eigenvalue weighted by atomic mass is 32.2. The van der Waals surface area contributed by atoms with Crippen molar-refractivity contribution in [2.45, 2.75) is 34.6 Å². The fraction of sp³-hybridized carbons (Fsp3) is 0.241. The van der Waals surface area contributed by atoms with Crippen molar-refractivity contribution in [2.75, 3.05) is 18.8 Å². The Bertz CT molecular complexity index is 1280. The average Bonchev–Trinajstić information content (AvgIpc) is 3.31. The van der Waals surface area contributed by atoms with Crippen LogP contribution in [0.4, 0.5) is 5.69 Å². The Kier molecular flexibility index (Phi) is 11.8. The SMILES string of the molecule is C=CS/C=C(\C)C(C)=O.COP(c1ccc(C)cc1C)N(C)c1cc(-c2ccc(C)cc2)sc1C(=O)O. The number of hydrogen-bond donors (Lipinski definition) is 1. The highest BCUT2D eigenvalue weighted by Gasteiger charge is 2.26. The van der Waals surface area contributed by atoms with Crippen LogP contribution in [0.15, 0.2) is 71.5 Å². The molecular weight excluding hydrogens is 521 g/mol. The van der Waals surface area contributed by atoms with Crippen LogP contribution in [0, 0.1) is 20.8 Å². The third-order valence-corrected chi connectivity index (χ3v) is 9.36. The number of anilines is 1. The molecule has 0 radical (unpaired) electrons. The monoisotopic (exact) mass is 555 g/mol. The van der Waals surface area contributed by atoms with Gasteiger partial charge in [-0.3, -0.25) is 4.79 Å². The van der Waals surface area contributed by atoms with E-state index in [4.69, 9.17) is 4.52 Å². The van der Waals surface area contributed by atoms with Crippen molar-refractivity contribution >= 4 is 54.1 Å². The van der Waals surface area contributed by atoms with Crippen molar-refractivity contribution < 1.29 is 19.2 Å². The molecule has 0 aliphatic rings. The summed E-state index contributed by atoms with van der Waals surface area (Å²) >= 11 is 2.72. The molecule has 0 saturated carbocycles. The summed E-state index contributed by atoms with van der Waals surface area (Å²) in [5.41, 5.74) is 5.99. The Hall–Kier alpha value is -2.70.